The number of nitro groups is 2. The van der Waals surface area contributed by atoms with Crippen molar-refractivity contribution in [3.05, 3.63) is 97.1 Å². The molecule has 0 fully saturated rings. The number of rotatable bonds is 8. The molecule has 0 unspecified atom stereocenters. The van der Waals surface area contributed by atoms with Crippen molar-refractivity contribution in [1.29, 1.82) is 5.26 Å². The molecule has 11 nitrogen and oxygen atoms in total. The fraction of sp³-hybridized carbons (Fsp3) is 0.120. The van der Waals surface area contributed by atoms with Crippen molar-refractivity contribution in [2.45, 2.75) is 13.8 Å². The van der Waals surface area contributed by atoms with Crippen LogP contribution < -0.4 is 14.8 Å². The third kappa shape index (κ3) is 5.81. The maximum atomic E-state index is 12.7. The first-order valence-electron chi connectivity index (χ1n) is 10.4. The summed E-state index contributed by atoms with van der Waals surface area (Å²) >= 11 is 0. The summed E-state index contributed by atoms with van der Waals surface area (Å²) < 4.78 is 10.9. The molecule has 0 aliphatic carbocycles. The zero-order valence-corrected chi connectivity index (χ0v) is 19.5. The lowest BCUT2D eigenvalue weighted by Gasteiger charge is -2.12. The van der Waals surface area contributed by atoms with Gasteiger partial charge >= 0.3 is 5.69 Å². The molecule has 0 aliphatic heterocycles. The van der Waals surface area contributed by atoms with Crippen molar-refractivity contribution in [3.63, 3.8) is 0 Å². The number of non-ortho nitro benzene ring substituents is 1. The largest absolute Gasteiger partial charge is 0.493 e. The molecule has 0 saturated heterocycles. The van der Waals surface area contributed by atoms with Crippen LogP contribution in [-0.4, -0.2) is 22.9 Å². The molecule has 1 amide bonds. The Hall–Kier alpha value is -5.24. The number of benzene rings is 3. The van der Waals surface area contributed by atoms with Crippen LogP contribution in [0.3, 0.4) is 0 Å². The Balaban J connectivity index is 1.89. The summed E-state index contributed by atoms with van der Waals surface area (Å²) in [5.41, 5.74) is 1.70. The molecule has 3 rings (SSSR count). The molecule has 182 valence electrons. The molecule has 3 aromatic carbocycles. The van der Waals surface area contributed by atoms with Crippen molar-refractivity contribution in [3.8, 4) is 23.3 Å². The second-order valence-corrected chi connectivity index (χ2v) is 7.62. The number of nitrogens with zero attached hydrogens (tertiary/aromatic N) is 3. The first-order chi connectivity index (χ1) is 17.1. The Kier molecular flexibility index (Phi) is 7.61. The summed E-state index contributed by atoms with van der Waals surface area (Å²) in [4.78, 5) is 33.4. The molecule has 0 heterocycles. The highest BCUT2D eigenvalue weighted by Gasteiger charge is 2.22. The number of hydrogen-bond donors (Lipinski definition) is 1. The Morgan fingerprint density at radius 1 is 0.972 bits per heavy atom. The Morgan fingerprint density at radius 2 is 1.69 bits per heavy atom. The van der Waals surface area contributed by atoms with E-state index in [2.05, 4.69) is 5.32 Å². The molecule has 3 aromatic rings. The van der Waals surface area contributed by atoms with E-state index >= 15 is 0 Å². The first-order valence-corrected chi connectivity index (χ1v) is 10.4. The van der Waals surface area contributed by atoms with Crippen LogP contribution in [0, 0.1) is 45.4 Å². The molecule has 0 spiro atoms. The van der Waals surface area contributed by atoms with Crippen LogP contribution in [0.4, 0.5) is 17.1 Å². The van der Waals surface area contributed by atoms with Gasteiger partial charge in [-0.1, -0.05) is 23.8 Å². The maximum Gasteiger partial charge on any atom is 0.318 e. The van der Waals surface area contributed by atoms with Crippen molar-refractivity contribution < 1.29 is 24.1 Å². The van der Waals surface area contributed by atoms with Gasteiger partial charge in [-0.2, -0.15) is 5.26 Å². The average molecular weight is 488 g/mol. The van der Waals surface area contributed by atoms with Crippen LogP contribution >= 0.6 is 0 Å². The van der Waals surface area contributed by atoms with Crippen LogP contribution in [0.5, 0.6) is 17.2 Å². The van der Waals surface area contributed by atoms with E-state index < -0.39 is 27.1 Å². The van der Waals surface area contributed by atoms with Crippen LogP contribution in [-0.2, 0) is 4.79 Å². The van der Waals surface area contributed by atoms with Gasteiger partial charge in [-0.25, -0.2) is 0 Å². The number of nitro benzene ring substituents is 2. The third-order valence-corrected chi connectivity index (χ3v) is 5.06. The second-order valence-electron chi connectivity index (χ2n) is 7.62. The number of hydrogen-bond acceptors (Lipinski definition) is 8. The van der Waals surface area contributed by atoms with Crippen LogP contribution in [0.1, 0.15) is 16.7 Å². The molecule has 0 saturated carbocycles. The smallest absolute Gasteiger partial charge is 0.318 e. The fourth-order valence-electron chi connectivity index (χ4n) is 3.28. The van der Waals surface area contributed by atoms with Gasteiger partial charge in [-0.05, 0) is 55.3 Å². The first kappa shape index (κ1) is 25.4. The SMILES string of the molecule is COc1cc(/C=C(\C#N)C(=O)Nc2ccc(C)cc2C)ccc1Oc1ccc([N+](=O)[O-])cc1[N+](=O)[O-]. The molecule has 36 heavy (non-hydrogen) atoms. The standard InChI is InChI=1S/C25H20N4O7/c1-15-4-7-20(16(2)10-15)27-25(30)18(14-26)11-17-5-8-23(24(12-17)35-3)36-22-9-6-19(28(31)32)13-21(22)29(33)34/h4-13H,1-3H3,(H,27,30)/b18-11+. The van der Waals surface area contributed by atoms with Crippen LogP contribution in [0.15, 0.2) is 60.2 Å². The van der Waals surface area contributed by atoms with E-state index in [-0.39, 0.29) is 22.8 Å². The number of nitrogens with one attached hydrogen (secondary N) is 1. The quantitative estimate of drug-likeness (QED) is 0.189. The second kappa shape index (κ2) is 10.8. The topological polar surface area (TPSA) is 158 Å². The van der Waals surface area contributed by atoms with E-state index in [0.29, 0.717) is 11.3 Å². The Labute approximate surface area is 205 Å². The molecule has 11 heteroatoms. The van der Waals surface area contributed by atoms with Crippen LogP contribution in [0.25, 0.3) is 6.08 Å². The number of carbonyl (C=O) groups excluding carboxylic acids is 1. The zero-order valence-electron chi connectivity index (χ0n) is 19.5. The minimum Gasteiger partial charge on any atom is -0.493 e. The normalized spacial score (nSPS) is 10.8. The molecular formula is C25H20N4O7. The molecule has 0 atom stereocenters. The highest BCUT2D eigenvalue weighted by molar-refractivity contribution is 6.10. The predicted molar refractivity (Wildman–Crippen MR) is 131 cm³/mol. The van der Waals surface area contributed by atoms with Gasteiger partial charge < -0.3 is 14.8 Å². The number of amides is 1. The maximum absolute atomic E-state index is 12.7. The summed E-state index contributed by atoms with van der Waals surface area (Å²) in [6.45, 7) is 3.77. The number of ether oxygens (including phenoxy) is 2. The average Bonchev–Trinajstić information content (AvgIpc) is 2.84. The third-order valence-electron chi connectivity index (χ3n) is 5.06. The van der Waals surface area contributed by atoms with E-state index in [4.69, 9.17) is 9.47 Å². The summed E-state index contributed by atoms with van der Waals surface area (Å²) in [7, 11) is 1.35. The lowest BCUT2D eigenvalue weighted by molar-refractivity contribution is -0.394. The van der Waals surface area contributed by atoms with Gasteiger partial charge in [0.2, 0.25) is 5.75 Å². The lowest BCUT2D eigenvalue weighted by Crippen LogP contribution is -2.14. The van der Waals surface area contributed by atoms with Crippen molar-refractivity contribution in [2.75, 3.05) is 12.4 Å². The molecular weight excluding hydrogens is 468 g/mol. The minimum absolute atomic E-state index is 0.0878. The van der Waals surface area contributed by atoms with Gasteiger partial charge in [0.1, 0.15) is 11.6 Å². The number of carbonyl (C=O) groups is 1. The van der Waals surface area contributed by atoms with Gasteiger partial charge in [-0.3, -0.25) is 25.0 Å². The van der Waals surface area contributed by atoms with Crippen molar-refractivity contribution in [1.82, 2.24) is 0 Å². The zero-order chi connectivity index (χ0) is 26.4. The Bertz CT molecular complexity index is 1440. The highest BCUT2D eigenvalue weighted by Crippen LogP contribution is 2.38. The lowest BCUT2D eigenvalue weighted by atomic mass is 10.1. The van der Waals surface area contributed by atoms with E-state index in [0.717, 1.165) is 29.3 Å². The van der Waals surface area contributed by atoms with E-state index in [1.54, 1.807) is 6.07 Å². The predicted octanol–water partition coefficient (Wildman–Crippen LogP) is 5.47. The van der Waals surface area contributed by atoms with Crippen molar-refractivity contribution in [2.24, 2.45) is 0 Å². The molecule has 0 aliphatic rings. The van der Waals surface area contributed by atoms with Crippen LogP contribution in [0.2, 0.25) is 0 Å². The summed E-state index contributed by atoms with van der Waals surface area (Å²) in [5.74, 6) is -0.573. The molecule has 0 aromatic heterocycles. The molecule has 0 bridgehead atoms. The minimum atomic E-state index is -0.792. The van der Waals surface area contributed by atoms with E-state index in [9.17, 15) is 30.3 Å². The van der Waals surface area contributed by atoms with E-state index in [1.165, 1.54) is 31.4 Å². The van der Waals surface area contributed by atoms with E-state index in [1.807, 2.05) is 32.0 Å². The molecule has 0 radical (unpaired) electrons. The van der Waals surface area contributed by atoms with Crippen molar-refractivity contribution >= 4 is 29.0 Å². The highest BCUT2D eigenvalue weighted by atomic mass is 16.6. The number of nitriles is 1. The van der Waals surface area contributed by atoms with Gasteiger partial charge in [0.25, 0.3) is 11.6 Å². The van der Waals surface area contributed by atoms with Gasteiger partial charge in [0, 0.05) is 11.8 Å². The Morgan fingerprint density at radius 3 is 2.31 bits per heavy atom. The fourth-order valence-corrected chi connectivity index (χ4v) is 3.28. The number of methoxy groups -OCH3 is 1. The summed E-state index contributed by atoms with van der Waals surface area (Å²) in [6.07, 6.45) is 1.36. The van der Waals surface area contributed by atoms with Gasteiger partial charge in [0.05, 0.1) is 23.0 Å². The molecule has 1 N–H and O–H groups in total. The number of anilines is 1. The summed E-state index contributed by atoms with van der Waals surface area (Å²) in [6, 6.07) is 14.8. The van der Waals surface area contributed by atoms with Gasteiger partial charge in [-0.15, -0.1) is 0 Å². The van der Waals surface area contributed by atoms with Gasteiger partial charge in [0.15, 0.2) is 11.5 Å². The monoisotopic (exact) mass is 488 g/mol. The number of aryl methyl sites for hydroxylation is 2. The summed E-state index contributed by atoms with van der Waals surface area (Å²) in [5, 5.41) is 34.6.